The molecule has 18 heavy (non-hydrogen) atoms. The molecule has 1 heterocycles. The third-order valence-electron chi connectivity index (χ3n) is 2.47. The van der Waals surface area contributed by atoms with Gasteiger partial charge in [0, 0.05) is 18.6 Å². The molecule has 2 rings (SSSR count). The van der Waals surface area contributed by atoms with Gasteiger partial charge in [0.2, 0.25) is 0 Å². The molecule has 0 spiro atoms. The molecule has 1 N–H and O–H groups in total. The molecule has 0 aliphatic rings. The van der Waals surface area contributed by atoms with Crippen LogP contribution in [-0.4, -0.2) is 9.78 Å². The average Bonchev–Trinajstić information content (AvgIpc) is 2.37. The monoisotopic (exact) mass is 327 g/mol. The van der Waals surface area contributed by atoms with E-state index >= 15 is 0 Å². The lowest BCUT2D eigenvalue weighted by Crippen LogP contribution is -2.21. The van der Waals surface area contributed by atoms with Gasteiger partial charge >= 0.3 is 0 Å². The van der Waals surface area contributed by atoms with Gasteiger partial charge in [-0.1, -0.05) is 23.7 Å². The summed E-state index contributed by atoms with van der Waals surface area (Å²) in [6, 6.07) is 7.52. The van der Waals surface area contributed by atoms with E-state index in [2.05, 4.69) is 26.3 Å². The van der Waals surface area contributed by atoms with E-state index in [0.29, 0.717) is 21.7 Å². The number of aryl methyl sites for hydroxylation is 1. The molecule has 0 saturated heterocycles. The third-order valence-corrected chi connectivity index (χ3v) is 3.49. The molecule has 0 radical (unpaired) electrons. The molecular formula is C12H11BrClN3O. The van der Waals surface area contributed by atoms with Crippen molar-refractivity contribution in [2.45, 2.75) is 6.54 Å². The van der Waals surface area contributed by atoms with Crippen LogP contribution in [0.15, 0.2) is 39.7 Å². The van der Waals surface area contributed by atoms with Crippen LogP contribution in [0, 0.1) is 0 Å². The fourth-order valence-electron chi connectivity index (χ4n) is 1.43. The molecule has 0 saturated carbocycles. The maximum Gasteiger partial charge on any atom is 0.282 e. The zero-order valence-corrected chi connectivity index (χ0v) is 12.0. The van der Waals surface area contributed by atoms with Crippen molar-refractivity contribution >= 4 is 33.2 Å². The van der Waals surface area contributed by atoms with Crippen molar-refractivity contribution in [1.82, 2.24) is 9.78 Å². The van der Waals surface area contributed by atoms with Crippen LogP contribution < -0.4 is 10.9 Å². The topological polar surface area (TPSA) is 46.9 Å². The number of aromatic nitrogens is 2. The van der Waals surface area contributed by atoms with Crippen molar-refractivity contribution in [3.05, 3.63) is 55.9 Å². The molecule has 0 unspecified atom stereocenters. The first-order valence-corrected chi connectivity index (χ1v) is 6.45. The highest BCUT2D eigenvalue weighted by Gasteiger charge is 2.06. The highest BCUT2D eigenvalue weighted by molar-refractivity contribution is 9.10. The lowest BCUT2D eigenvalue weighted by atomic mass is 10.2. The molecule has 0 fully saturated rings. The number of rotatable bonds is 3. The Morgan fingerprint density at radius 1 is 1.39 bits per heavy atom. The summed E-state index contributed by atoms with van der Waals surface area (Å²) in [6.45, 7) is 0.602. The molecular weight excluding hydrogens is 318 g/mol. The summed E-state index contributed by atoms with van der Waals surface area (Å²) in [5, 5.41) is 7.81. The van der Waals surface area contributed by atoms with Crippen molar-refractivity contribution in [2.24, 2.45) is 7.05 Å². The maximum atomic E-state index is 11.6. The number of hydrogen-bond donors (Lipinski definition) is 1. The van der Waals surface area contributed by atoms with E-state index in [1.807, 2.05) is 24.3 Å². The predicted molar refractivity (Wildman–Crippen MR) is 76.0 cm³/mol. The number of hydrogen-bond acceptors (Lipinski definition) is 3. The van der Waals surface area contributed by atoms with Crippen LogP contribution in [0.2, 0.25) is 5.02 Å². The Morgan fingerprint density at radius 2 is 2.06 bits per heavy atom. The Hall–Kier alpha value is -1.33. The summed E-state index contributed by atoms with van der Waals surface area (Å²) in [4.78, 5) is 11.6. The summed E-state index contributed by atoms with van der Waals surface area (Å²) in [6.07, 6.45) is 1.61. The van der Waals surface area contributed by atoms with Gasteiger partial charge in [0.15, 0.2) is 0 Å². The maximum absolute atomic E-state index is 11.6. The average molecular weight is 329 g/mol. The molecule has 0 bridgehead atoms. The molecule has 4 nitrogen and oxygen atoms in total. The van der Waals surface area contributed by atoms with Crippen LogP contribution in [0.25, 0.3) is 0 Å². The first-order valence-electron chi connectivity index (χ1n) is 5.28. The first kappa shape index (κ1) is 13.1. The van der Waals surface area contributed by atoms with Gasteiger partial charge in [0.25, 0.3) is 5.56 Å². The van der Waals surface area contributed by atoms with Crippen LogP contribution in [0.4, 0.5) is 5.69 Å². The van der Waals surface area contributed by atoms with E-state index in [1.165, 1.54) is 4.68 Å². The van der Waals surface area contributed by atoms with Crippen LogP contribution in [-0.2, 0) is 13.6 Å². The van der Waals surface area contributed by atoms with E-state index in [4.69, 9.17) is 11.6 Å². The van der Waals surface area contributed by atoms with E-state index in [9.17, 15) is 4.79 Å². The van der Waals surface area contributed by atoms with Crippen LogP contribution in [0.1, 0.15) is 5.56 Å². The second-order valence-corrected chi connectivity index (χ2v) is 5.01. The molecule has 6 heteroatoms. The second-order valence-electron chi connectivity index (χ2n) is 3.78. The zero-order valence-electron chi connectivity index (χ0n) is 9.65. The molecule has 0 atom stereocenters. The number of anilines is 1. The van der Waals surface area contributed by atoms with Crippen LogP contribution in [0.3, 0.4) is 0 Å². The summed E-state index contributed by atoms with van der Waals surface area (Å²) in [5.74, 6) is 0. The van der Waals surface area contributed by atoms with Gasteiger partial charge < -0.3 is 5.32 Å². The zero-order chi connectivity index (χ0) is 13.1. The molecule has 1 aromatic carbocycles. The molecule has 0 amide bonds. The summed E-state index contributed by atoms with van der Waals surface area (Å²) >= 11 is 9.07. The Kier molecular flexibility index (Phi) is 4.04. The molecule has 1 aromatic heterocycles. The van der Waals surface area contributed by atoms with Gasteiger partial charge in [-0.25, -0.2) is 4.68 Å². The Bertz CT molecular complexity index is 610. The Labute approximate surface area is 118 Å². The SMILES string of the molecule is Cn1ncc(NCc2ccc(Cl)cc2)c(Br)c1=O. The normalized spacial score (nSPS) is 10.4. The van der Waals surface area contributed by atoms with Crippen molar-refractivity contribution in [3.8, 4) is 0 Å². The standard InChI is InChI=1S/C12H11BrClN3O/c1-17-12(18)11(13)10(7-16-17)15-6-8-2-4-9(14)5-3-8/h2-5,7,15H,6H2,1H3. The molecule has 0 aliphatic carbocycles. The second kappa shape index (κ2) is 5.54. The minimum Gasteiger partial charge on any atom is -0.379 e. The van der Waals surface area contributed by atoms with Crippen molar-refractivity contribution in [3.63, 3.8) is 0 Å². The summed E-state index contributed by atoms with van der Waals surface area (Å²) < 4.78 is 1.76. The summed E-state index contributed by atoms with van der Waals surface area (Å²) in [5.41, 5.74) is 1.58. The first-order chi connectivity index (χ1) is 8.58. The van der Waals surface area contributed by atoms with Gasteiger partial charge in [-0.05, 0) is 33.6 Å². The molecule has 94 valence electrons. The van der Waals surface area contributed by atoms with Gasteiger partial charge in [-0.15, -0.1) is 0 Å². The van der Waals surface area contributed by atoms with Gasteiger partial charge in [-0.2, -0.15) is 5.10 Å². The minimum atomic E-state index is -0.170. The van der Waals surface area contributed by atoms with Crippen molar-refractivity contribution in [1.29, 1.82) is 0 Å². The number of nitrogens with one attached hydrogen (secondary N) is 1. The smallest absolute Gasteiger partial charge is 0.282 e. The van der Waals surface area contributed by atoms with Gasteiger partial charge in [0.1, 0.15) is 4.47 Å². The van der Waals surface area contributed by atoms with Crippen LogP contribution in [0.5, 0.6) is 0 Å². The summed E-state index contributed by atoms with van der Waals surface area (Å²) in [7, 11) is 1.61. The quantitative estimate of drug-likeness (QED) is 0.942. The lowest BCUT2D eigenvalue weighted by Gasteiger charge is -2.08. The Balaban J connectivity index is 2.13. The Morgan fingerprint density at radius 3 is 2.72 bits per heavy atom. The fourth-order valence-corrected chi connectivity index (χ4v) is 2.06. The fraction of sp³-hybridized carbons (Fsp3) is 0.167. The van der Waals surface area contributed by atoms with Gasteiger partial charge in [-0.3, -0.25) is 4.79 Å². The largest absolute Gasteiger partial charge is 0.379 e. The third kappa shape index (κ3) is 2.91. The highest BCUT2D eigenvalue weighted by atomic mass is 79.9. The molecule has 2 aromatic rings. The van der Waals surface area contributed by atoms with E-state index in [-0.39, 0.29) is 5.56 Å². The van der Waals surface area contributed by atoms with Crippen molar-refractivity contribution < 1.29 is 0 Å². The predicted octanol–water partition coefficient (Wildman–Crippen LogP) is 2.81. The van der Waals surface area contributed by atoms with Crippen LogP contribution >= 0.6 is 27.5 Å². The highest BCUT2D eigenvalue weighted by Crippen LogP contribution is 2.17. The number of halogens is 2. The number of benzene rings is 1. The number of nitrogens with zero attached hydrogens (tertiary/aromatic N) is 2. The molecule has 0 aliphatic heterocycles. The lowest BCUT2D eigenvalue weighted by molar-refractivity contribution is 0.703. The minimum absolute atomic E-state index is 0.170. The van der Waals surface area contributed by atoms with E-state index in [0.717, 1.165) is 5.56 Å². The van der Waals surface area contributed by atoms with E-state index < -0.39 is 0 Å². The van der Waals surface area contributed by atoms with Crippen molar-refractivity contribution in [2.75, 3.05) is 5.32 Å². The van der Waals surface area contributed by atoms with Gasteiger partial charge in [0.05, 0.1) is 11.9 Å². The van der Waals surface area contributed by atoms with E-state index in [1.54, 1.807) is 13.2 Å².